The Morgan fingerprint density at radius 1 is 0.553 bits per heavy atom. The van der Waals surface area contributed by atoms with E-state index in [0.717, 1.165) is 38.5 Å². The van der Waals surface area contributed by atoms with Crippen molar-refractivity contribution < 1.29 is 28.6 Å². The van der Waals surface area contributed by atoms with Crippen LogP contribution in [0, 0.1) is 0 Å². The van der Waals surface area contributed by atoms with Crippen molar-refractivity contribution in [2.45, 2.75) is 100 Å². The van der Waals surface area contributed by atoms with Crippen LogP contribution in [0.15, 0.2) is 58.7 Å². The van der Waals surface area contributed by atoms with E-state index in [4.69, 9.17) is 14.2 Å². The zero-order chi connectivity index (χ0) is 28.7. The van der Waals surface area contributed by atoms with Gasteiger partial charge in [0.2, 0.25) is 0 Å². The molecule has 1 aromatic rings. The maximum Gasteiger partial charge on any atom is 0.308 e. The number of carbonyl (C=O) groups is 3. The van der Waals surface area contributed by atoms with Crippen molar-refractivity contribution >= 4 is 17.9 Å². The number of allylic oxidation sites excluding steroid dienone is 8. The second-order valence-corrected chi connectivity index (χ2v) is 9.94. The number of carbonyl (C=O) groups excluding carboxylic acids is 3. The molecule has 0 aliphatic rings. The SMILES string of the molecule is CC(=O)Oc1cc(OC(C)=O)c(OC(C)=O)cc1CC=C(C)CCC=C(C)CCC=C(C)CCC=C(C)C. The topological polar surface area (TPSA) is 78.9 Å². The molecule has 0 atom stereocenters. The summed E-state index contributed by atoms with van der Waals surface area (Å²) in [4.78, 5) is 34.7. The molecule has 208 valence electrons. The van der Waals surface area contributed by atoms with E-state index in [1.54, 1.807) is 6.07 Å². The smallest absolute Gasteiger partial charge is 0.308 e. The molecule has 0 aromatic heterocycles. The van der Waals surface area contributed by atoms with E-state index in [-0.39, 0.29) is 17.2 Å². The Kier molecular flexibility index (Phi) is 14.7. The van der Waals surface area contributed by atoms with Gasteiger partial charge in [-0.1, -0.05) is 46.6 Å². The number of hydrogen-bond acceptors (Lipinski definition) is 6. The lowest BCUT2D eigenvalue weighted by Crippen LogP contribution is -2.10. The molecule has 0 saturated heterocycles. The molecule has 0 spiro atoms. The Morgan fingerprint density at radius 2 is 0.947 bits per heavy atom. The molecule has 0 radical (unpaired) electrons. The summed E-state index contributed by atoms with van der Waals surface area (Å²) in [6, 6.07) is 2.98. The van der Waals surface area contributed by atoms with Crippen molar-refractivity contribution in [3.05, 3.63) is 64.3 Å². The average Bonchev–Trinajstić information content (AvgIpc) is 2.78. The number of esters is 3. The fourth-order valence-corrected chi connectivity index (χ4v) is 3.73. The molecule has 0 saturated carbocycles. The molecule has 38 heavy (non-hydrogen) atoms. The van der Waals surface area contributed by atoms with Gasteiger partial charge in [0.25, 0.3) is 0 Å². The summed E-state index contributed by atoms with van der Waals surface area (Å²) < 4.78 is 15.7. The van der Waals surface area contributed by atoms with Crippen LogP contribution in [0.25, 0.3) is 0 Å². The van der Waals surface area contributed by atoms with Crippen molar-refractivity contribution in [2.24, 2.45) is 0 Å². The summed E-state index contributed by atoms with van der Waals surface area (Å²) in [5, 5.41) is 0. The third kappa shape index (κ3) is 14.4. The highest BCUT2D eigenvalue weighted by Crippen LogP contribution is 2.36. The van der Waals surface area contributed by atoms with E-state index < -0.39 is 17.9 Å². The van der Waals surface area contributed by atoms with Crippen LogP contribution in [0.2, 0.25) is 0 Å². The second-order valence-electron chi connectivity index (χ2n) is 9.94. The number of benzene rings is 1. The first-order valence-corrected chi connectivity index (χ1v) is 13.2. The van der Waals surface area contributed by atoms with Gasteiger partial charge in [-0.3, -0.25) is 14.4 Å². The minimum absolute atomic E-state index is 0.0203. The van der Waals surface area contributed by atoms with Crippen molar-refractivity contribution in [3.8, 4) is 17.2 Å². The minimum Gasteiger partial charge on any atom is -0.426 e. The van der Waals surface area contributed by atoms with Gasteiger partial charge in [0.1, 0.15) is 5.75 Å². The predicted molar refractivity (Wildman–Crippen MR) is 152 cm³/mol. The molecule has 0 bridgehead atoms. The lowest BCUT2D eigenvalue weighted by molar-refractivity contribution is -0.134. The summed E-state index contributed by atoms with van der Waals surface area (Å²) in [7, 11) is 0. The predicted octanol–water partition coefficient (Wildman–Crippen LogP) is 8.15. The van der Waals surface area contributed by atoms with Crippen LogP contribution in [0.1, 0.15) is 99.5 Å². The van der Waals surface area contributed by atoms with Crippen molar-refractivity contribution in [2.75, 3.05) is 0 Å². The van der Waals surface area contributed by atoms with Gasteiger partial charge in [-0.25, -0.2) is 0 Å². The molecular formula is C32H44O6. The van der Waals surface area contributed by atoms with Gasteiger partial charge in [-0.05, 0) is 85.6 Å². The van der Waals surface area contributed by atoms with Crippen molar-refractivity contribution in [1.29, 1.82) is 0 Å². The van der Waals surface area contributed by atoms with Crippen LogP contribution in [0.4, 0.5) is 0 Å². The molecule has 0 amide bonds. The Bertz CT molecular complexity index is 1100. The monoisotopic (exact) mass is 524 g/mol. The van der Waals surface area contributed by atoms with Gasteiger partial charge in [0.05, 0.1) is 0 Å². The van der Waals surface area contributed by atoms with E-state index in [9.17, 15) is 14.4 Å². The molecule has 1 aromatic carbocycles. The fraction of sp³-hybridized carbons (Fsp3) is 0.469. The standard InChI is InChI=1S/C32H44O6/c1-22(2)12-9-13-23(3)14-10-15-24(4)16-11-17-25(5)18-19-29-20-31(37-27(7)34)32(38-28(8)35)21-30(29)36-26(6)33/h12,14,16,18,20-21H,9-11,13,15,17,19H2,1-8H3. The summed E-state index contributed by atoms with van der Waals surface area (Å²) in [5.41, 5.74) is 6.03. The van der Waals surface area contributed by atoms with E-state index in [1.165, 1.54) is 49.1 Å². The molecule has 0 aliphatic carbocycles. The molecular weight excluding hydrogens is 480 g/mol. The lowest BCUT2D eigenvalue weighted by Gasteiger charge is -2.14. The highest BCUT2D eigenvalue weighted by atomic mass is 16.6. The summed E-state index contributed by atoms with van der Waals surface area (Å²) in [6.07, 6.45) is 15.6. The van der Waals surface area contributed by atoms with Gasteiger partial charge in [0, 0.05) is 32.4 Å². The fourth-order valence-electron chi connectivity index (χ4n) is 3.73. The van der Waals surface area contributed by atoms with Gasteiger partial charge in [-0.15, -0.1) is 0 Å². The zero-order valence-electron chi connectivity index (χ0n) is 24.4. The van der Waals surface area contributed by atoms with Crippen molar-refractivity contribution in [1.82, 2.24) is 0 Å². The van der Waals surface area contributed by atoms with Crippen LogP contribution in [-0.4, -0.2) is 17.9 Å². The van der Waals surface area contributed by atoms with E-state index >= 15 is 0 Å². The maximum absolute atomic E-state index is 11.6. The van der Waals surface area contributed by atoms with Crippen LogP contribution in [0.3, 0.4) is 0 Å². The first kappa shape index (κ1) is 32.6. The normalized spacial score (nSPS) is 12.2. The molecule has 0 unspecified atom stereocenters. The van der Waals surface area contributed by atoms with Gasteiger partial charge >= 0.3 is 17.9 Å². The third-order valence-electron chi connectivity index (χ3n) is 5.71. The summed E-state index contributed by atoms with van der Waals surface area (Å²) >= 11 is 0. The van der Waals surface area contributed by atoms with E-state index in [2.05, 4.69) is 58.9 Å². The Labute approximate surface area is 228 Å². The van der Waals surface area contributed by atoms with Gasteiger partial charge in [-0.2, -0.15) is 0 Å². The largest absolute Gasteiger partial charge is 0.426 e. The average molecular weight is 525 g/mol. The first-order chi connectivity index (χ1) is 17.9. The molecule has 6 nitrogen and oxygen atoms in total. The van der Waals surface area contributed by atoms with Crippen LogP contribution in [0.5, 0.6) is 17.2 Å². The van der Waals surface area contributed by atoms with Crippen LogP contribution in [-0.2, 0) is 20.8 Å². The molecule has 0 fully saturated rings. The Balaban J connectivity index is 2.81. The van der Waals surface area contributed by atoms with E-state index in [0.29, 0.717) is 12.0 Å². The molecule has 1 rings (SSSR count). The number of rotatable bonds is 14. The highest BCUT2D eigenvalue weighted by molar-refractivity contribution is 5.75. The molecule has 0 N–H and O–H groups in total. The second kappa shape index (κ2) is 17.2. The molecule has 0 aliphatic heterocycles. The van der Waals surface area contributed by atoms with Gasteiger partial charge < -0.3 is 14.2 Å². The highest BCUT2D eigenvalue weighted by Gasteiger charge is 2.17. The third-order valence-corrected chi connectivity index (χ3v) is 5.71. The van der Waals surface area contributed by atoms with Crippen LogP contribution < -0.4 is 14.2 Å². The maximum atomic E-state index is 11.6. The Morgan fingerprint density at radius 3 is 1.39 bits per heavy atom. The van der Waals surface area contributed by atoms with Crippen molar-refractivity contribution in [3.63, 3.8) is 0 Å². The van der Waals surface area contributed by atoms with Crippen LogP contribution >= 0.6 is 0 Å². The van der Waals surface area contributed by atoms with E-state index in [1.807, 2.05) is 0 Å². The number of hydrogen-bond donors (Lipinski definition) is 0. The summed E-state index contributed by atoms with van der Waals surface area (Å²) in [5.74, 6) is -1.25. The molecule has 0 heterocycles. The van der Waals surface area contributed by atoms with Gasteiger partial charge in [0.15, 0.2) is 11.5 Å². The number of ether oxygens (including phenoxy) is 3. The zero-order valence-corrected chi connectivity index (χ0v) is 24.4. The Hall–Kier alpha value is -3.41. The lowest BCUT2D eigenvalue weighted by atomic mass is 10.0. The quantitative estimate of drug-likeness (QED) is 0.139. The first-order valence-electron chi connectivity index (χ1n) is 13.2. The molecule has 6 heteroatoms. The summed E-state index contributed by atoms with van der Waals surface area (Å²) in [6.45, 7) is 14.5. The minimum atomic E-state index is -0.579.